The fourth-order valence-electron chi connectivity index (χ4n) is 6.20. The first-order valence-corrected chi connectivity index (χ1v) is 14.1. The van der Waals surface area contributed by atoms with Crippen molar-refractivity contribution in [2.45, 2.75) is 70.9 Å². The summed E-state index contributed by atoms with van der Waals surface area (Å²) in [7, 11) is 2.94. The van der Waals surface area contributed by atoms with Crippen molar-refractivity contribution in [2.24, 2.45) is 23.7 Å². The quantitative estimate of drug-likeness (QED) is 0.403. The summed E-state index contributed by atoms with van der Waals surface area (Å²) in [5.41, 5.74) is 2.08. The number of aromatic nitrogens is 1. The van der Waals surface area contributed by atoms with Crippen LogP contribution in [0.1, 0.15) is 55.8 Å². The zero-order valence-corrected chi connectivity index (χ0v) is 21.0. The van der Waals surface area contributed by atoms with Crippen molar-refractivity contribution in [1.82, 2.24) is 9.29 Å². The molecule has 0 aliphatic heterocycles. The number of carbonyl (C=O) groups is 2. The first kappa shape index (κ1) is 22.3. The van der Waals surface area contributed by atoms with Crippen molar-refractivity contribution in [1.29, 1.82) is 0 Å². The van der Waals surface area contributed by atoms with E-state index in [-0.39, 0.29) is 6.10 Å². The first-order valence-electron chi connectivity index (χ1n) is 10.8. The van der Waals surface area contributed by atoms with Crippen LogP contribution in [0.15, 0.2) is 6.20 Å². The summed E-state index contributed by atoms with van der Waals surface area (Å²) >= 11 is 2.23. The summed E-state index contributed by atoms with van der Waals surface area (Å²) < 4.78 is 13.1. The molecule has 0 radical (unpaired) electrons. The Morgan fingerprint density at radius 1 is 1.20 bits per heavy atom. The normalized spacial score (nSPS) is 31.3. The lowest BCUT2D eigenvalue weighted by Gasteiger charge is -2.53. The molecule has 30 heavy (non-hydrogen) atoms. The number of rotatable bonds is 6. The molecule has 5 rings (SSSR count). The summed E-state index contributed by atoms with van der Waals surface area (Å²) in [6.07, 6.45) is 7.94. The monoisotopic (exact) mass is 546 g/mol. The van der Waals surface area contributed by atoms with Crippen LogP contribution in [0.2, 0.25) is 0 Å². The average Bonchev–Trinajstić information content (AvgIpc) is 2.97. The van der Waals surface area contributed by atoms with E-state index >= 15 is 0 Å². The van der Waals surface area contributed by atoms with Gasteiger partial charge in [0.1, 0.15) is 11.6 Å². The van der Waals surface area contributed by atoms with E-state index in [0.717, 1.165) is 28.7 Å². The smallest absolute Gasteiger partial charge is 0.408 e. The predicted molar refractivity (Wildman–Crippen MR) is 125 cm³/mol. The van der Waals surface area contributed by atoms with Crippen LogP contribution in [-0.2, 0) is 20.7 Å². The zero-order valence-electron chi connectivity index (χ0n) is 18.1. The molecular formula is C22H31IN2O4S. The van der Waals surface area contributed by atoms with E-state index in [9.17, 15) is 9.59 Å². The molecule has 1 unspecified atom stereocenters. The van der Waals surface area contributed by atoms with Crippen molar-refractivity contribution in [3.05, 3.63) is 23.0 Å². The molecule has 1 aromatic rings. The molecule has 0 aromatic carbocycles. The van der Waals surface area contributed by atoms with Crippen molar-refractivity contribution in [3.8, 4) is 0 Å². The number of esters is 1. The molecule has 1 N–H and O–H groups in total. The van der Waals surface area contributed by atoms with Gasteiger partial charge in [-0.05, 0) is 87.7 Å². The van der Waals surface area contributed by atoms with E-state index in [2.05, 4.69) is 30.5 Å². The third-order valence-electron chi connectivity index (χ3n) is 7.64. The first-order chi connectivity index (χ1) is 14.2. The van der Waals surface area contributed by atoms with Crippen LogP contribution in [0.4, 0.5) is 4.79 Å². The number of ether oxygens (including phenoxy) is 2. The largest absolute Gasteiger partial charge is 0.467 e. The number of methoxy groups -OCH3 is 1. The van der Waals surface area contributed by atoms with Crippen LogP contribution >= 0.6 is 30.3 Å². The van der Waals surface area contributed by atoms with Crippen LogP contribution in [0.25, 0.3) is 0 Å². The molecule has 4 bridgehead atoms. The summed E-state index contributed by atoms with van der Waals surface area (Å²) in [6, 6.07) is 0. The van der Waals surface area contributed by atoms with Crippen molar-refractivity contribution in [2.75, 3.05) is 7.11 Å². The van der Waals surface area contributed by atoms with Gasteiger partial charge in [-0.1, -0.05) is 0 Å². The van der Waals surface area contributed by atoms with Crippen LogP contribution in [0.3, 0.4) is 0 Å². The molecule has 8 heteroatoms. The highest BCUT2D eigenvalue weighted by Gasteiger charge is 2.50. The number of hydrogen-bond acceptors (Lipinski definition) is 5. The molecule has 4 fully saturated rings. The molecule has 166 valence electrons. The molecule has 0 spiro atoms. The molecule has 1 atom stereocenters. The maximum atomic E-state index is 12.9. The van der Waals surface area contributed by atoms with Crippen LogP contribution in [0, 0.1) is 37.5 Å². The standard InChI is InChI=1S/C22H31IN2O4S/c1-12-13(2)25(30-23)11-18(12)10-22(3,20(26)28-4)24-21(27)29-19-16-6-14-5-15(8-16)9-17(19)7-14/h11,14-17,19H,5-10H2,1-4H3,(H,24,27). The Morgan fingerprint density at radius 2 is 1.80 bits per heavy atom. The molecular weight excluding hydrogens is 515 g/mol. The number of carbonyl (C=O) groups excluding carboxylic acids is 2. The number of halogens is 1. The van der Waals surface area contributed by atoms with Gasteiger partial charge in [0.25, 0.3) is 0 Å². The number of nitrogens with zero attached hydrogens (tertiary/aromatic N) is 1. The highest BCUT2D eigenvalue weighted by Crippen LogP contribution is 2.54. The van der Waals surface area contributed by atoms with Gasteiger partial charge < -0.3 is 14.8 Å². The summed E-state index contributed by atoms with van der Waals surface area (Å²) in [5.74, 6) is 2.15. The lowest BCUT2D eigenvalue weighted by Crippen LogP contribution is -2.57. The van der Waals surface area contributed by atoms with Crippen molar-refractivity contribution < 1.29 is 19.1 Å². The number of hydrogen-bond donors (Lipinski definition) is 1. The van der Waals surface area contributed by atoms with Crippen molar-refractivity contribution >= 4 is 42.4 Å². The van der Waals surface area contributed by atoms with Gasteiger partial charge in [-0.25, -0.2) is 9.59 Å². The maximum absolute atomic E-state index is 12.9. The molecule has 1 amide bonds. The van der Waals surface area contributed by atoms with E-state index in [0.29, 0.717) is 18.3 Å². The van der Waals surface area contributed by atoms with Gasteiger partial charge in [0.05, 0.1) is 7.11 Å². The lowest BCUT2D eigenvalue weighted by atomic mass is 9.55. The minimum atomic E-state index is -1.18. The second-order valence-corrected chi connectivity index (χ2v) is 11.4. The van der Waals surface area contributed by atoms with Crippen molar-refractivity contribution in [3.63, 3.8) is 0 Å². The van der Waals surface area contributed by atoms with Gasteiger partial charge in [0.15, 0.2) is 0 Å². The Kier molecular flexibility index (Phi) is 6.36. The molecule has 1 aromatic heterocycles. The van der Waals surface area contributed by atoms with E-state index < -0.39 is 17.6 Å². The zero-order chi connectivity index (χ0) is 21.6. The summed E-state index contributed by atoms with van der Waals surface area (Å²) in [6.45, 7) is 5.81. The Balaban J connectivity index is 1.47. The van der Waals surface area contributed by atoms with E-state index in [1.54, 1.807) is 16.0 Å². The van der Waals surface area contributed by atoms with Gasteiger partial charge in [-0.15, -0.1) is 0 Å². The van der Waals surface area contributed by atoms with Gasteiger partial charge in [0.2, 0.25) is 0 Å². The highest BCUT2D eigenvalue weighted by atomic mass is 127. The minimum absolute atomic E-state index is 0.0137. The van der Waals surface area contributed by atoms with Crippen LogP contribution in [0.5, 0.6) is 0 Å². The van der Waals surface area contributed by atoms with Gasteiger partial charge in [0, 0.05) is 48.6 Å². The van der Waals surface area contributed by atoms with E-state index in [4.69, 9.17) is 9.47 Å². The molecule has 4 aliphatic rings. The SMILES string of the molecule is COC(=O)C(C)(Cc1cn(SI)c(C)c1C)NC(=O)OC1C2CC3CC(C2)CC1C3. The Labute approximate surface area is 194 Å². The fraction of sp³-hybridized carbons (Fsp3) is 0.727. The van der Waals surface area contributed by atoms with Gasteiger partial charge >= 0.3 is 12.1 Å². The predicted octanol–water partition coefficient (Wildman–Crippen LogP) is 4.98. The number of amides is 1. The lowest BCUT2D eigenvalue weighted by molar-refractivity contribution is -0.148. The fourth-order valence-corrected chi connectivity index (χ4v) is 7.84. The number of alkyl carbamates (subject to hydrolysis) is 1. The topological polar surface area (TPSA) is 69.6 Å². The minimum Gasteiger partial charge on any atom is -0.467 e. The molecule has 1 heterocycles. The Hall–Kier alpha value is -0.900. The Morgan fingerprint density at radius 3 is 2.30 bits per heavy atom. The number of nitrogens with one attached hydrogen (secondary N) is 1. The Bertz CT molecular complexity index is 813. The second kappa shape index (κ2) is 8.56. The summed E-state index contributed by atoms with van der Waals surface area (Å²) in [4.78, 5) is 25.6. The molecule has 0 saturated heterocycles. The van der Waals surface area contributed by atoms with E-state index in [1.807, 2.05) is 20.0 Å². The molecule has 4 aliphatic carbocycles. The molecule has 4 saturated carbocycles. The van der Waals surface area contributed by atoms with Crippen LogP contribution in [-0.4, -0.2) is 34.8 Å². The average molecular weight is 546 g/mol. The third kappa shape index (κ3) is 4.10. The van der Waals surface area contributed by atoms with Crippen LogP contribution < -0.4 is 5.32 Å². The highest BCUT2D eigenvalue weighted by molar-refractivity contribution is 14.2. The maximum Gasteiger partial charge on any atom is 0.408 e. The third-order valence-corrected chi connectivity index (χ3v) is 9.44. The van der Waals surface area contributed by atoms with E-state index in [1.165, 1.54) is 39.2 Å². The van der Waals surface area contributed by atoms with Gasteiger partial charge in [-0.2, -0.15) is 0 Å². The van der Waals surface area contributed by atoms with Gasteiger partial charge in [-0.3, -0.25) is 3.97 Å². The second-order valence-electron chi connectivity index (χ2n) is 9.69. The summed E-state index contributed by atoms with van der Waals surface area (Å²) in [5, 5.41) is 2.87. The molecule has 6 nitrogen and oxygen atoms in total.